The van der Waals surface area contributed by atoms with Crippen molar-refractivity contribution in [2.45, 2.75) is 6.42 Å². The first-order valence-electron chi connectivity index (χ1n) is 2.68. The fourth-order valence-electron chi connectivity index (χ4n) is 0.775. The molecule has 0 radical (unpaired) electrons. The first-order valence-corrected chi connectivity index (χ1v) is 2.68. The van der Waals surface area contributed by atoms with Crippen LogP contribution in [0.5, 0.6) is 0 Å². The van der Waals surface area contributed by atoms with Crippen molar-refractivity contribution in [3.8, 4) is 0 Å². The van der Waals surface area contributed by atoms with Gasteiger partial charge in [0, 0.05) is 12.1 Å². The number of nitrogens with one attached hydrogen (secondary N) is 1. The molecule has 0 saturated heterocycles. The van der Waals surface area contributed by atoms with E-state index in [9.17, 15) is 4.79 Å². The lowest BCUT2D eigenvalue weighted by Gasteiger charge is -1.96. The van der Waals surface area contributed by atoms with Crippen molar-refractivity contribution in [2.24, 2.45) is 5.92 Å². The average Bonchev–Trinajstić information content (AvgIpc) is 2.14. The second-order valence-electron chi connectivity index (χ2n) is 2.03. The van der Waals surface area contributed by atoms with Crippen molar-refractivity contribution in [1.82, 2.24) is 0 Å². The van der Waals surface area contributed by atoms with E-state index in [0.29, 0.717) is 12.1 Å². The van der Waals surface area contributed by atoms with Crippen LogP contribution in [-0.4, -0.2) is 16.8 Å². The molecule has 0 bridgehead atoms. The van der Waals surface area contributed by atoms with Gasteiger partial charge in [0.1, 0.15) is 0 Å². The lowest BCUT2D eigenvalue weighted by atomic mass is 10.1. The van der Waals surface area contributed by atoms with Crippen LogP contribution in [0.25, 0.3) is 0 Å². The van der Waals surface area contributed by atoms with Gasteiger partial charge in [-0.3, -0.25) is 4.79 Å². The lowest BCUT2D eigenvalue weighted by Crippen LogP contribution is -2.09. The first-order chi connectivity index (χ1) is 4.20. The van der Waals surface area contributed by atoms with Crippen molar-refractivity contribution in [1.29, 1.82) is 5.41 Å². The van der Waals surface area contributed by atoms with Gasteiger partial charge in [0.15, 0.2) is 0 Å². The number of hydrogen-bond acceptors (Lipinski definition) is 2. The van der Waals surface area contributed by atoms with E-state index in [4.69, 9.17) is 10.5 Å². The van der Waals surface area contributed by atoms with Crippen LogP contribution in [0.3, 0.4) is 0 Å². The van der Waals surface area contributed by atoms with E-state index in [2.05, 4.69) is 0 Å². The van der Waals surface area contributed by atoms with Gasteiger partial charge in [-0.25, -0.2) is 0 Å². The second kappa shape index (κ2) is 2.01. The highest BCUT2D eigenvalue weighted by Gasteiger charge is 2.19. The van der Waals surface area contributed by atoms with Crippen LogP contribution in [0.1, 0.15) is 6.42 Å². The molecule has 0 saturated carbocycles. The van der Waals surface area contributed by atoms with Crippen LogP contribution in [-0.2, 0) is 4.79 Å². The molecule has 0 fully saturated rings. The monoisotopic (exact) mass is 125 g/mol. The van der Waals surface area contributed by atoms with Crippen LogP contribution in [0, 0.1) is 11.3 Å². The highest BCUT2D eigenvalue weighted by Crippen LogP contribution is 2.13. The molecule has 0 aliphatic heterocycles. The summed E-state index contributed by atoms with van der Waals surface area (Å²) in [5.74, 6) is -1.29. The Kier molecular flexibility index (Phi) is 1.34. The van der Waals surface area contributed by atoms with Gasteiger partial charge in [0.2, 0.25) is 0 Å². The van der Waals surface area contributed by atoms with Gasteiger partial charge < -0.3 is 10.5 Å². The third-order valence-corrected chi connectivity index (χ3v) is 1.29. The van der Waals surface area contributed by atoms with Gasteiger partial charge in [0.05, 0.1) is 5.92 Å². The van der Waals surface area contributed by atoms with E-state index in [1.165, 1.54) is 0 Å². The lowest BCUT2D eigenvalue weighted by molar-refractivity contribution is -0.139. The Morgan fingerprint density at radius 2 is 2.56 bits per heavy atom. The minimum atomic E-state index is -0.839. The SMILES string of the molecule is N=C1C=C[C@H](C(=O)O)C1. The maximum Gasteiger partial charge on any atom is 0.310 e. The van der Waals surface area contributed by atoms with E-state index in [1.807, 2.05) is 0 Å². The van der Waals surface area contributed by atoms with Crippen LogP contribution >= 0.6 is 0 Å². The fraction of sp³-hybridized carbons (Fsp3) is 0.333. The number of carboxylic acids is 1. The fourth-order valence-corrected chi connectivity index (χ4v) is 0.775. The summed E-state index contributed by atoms with van der Waals surface area (Å²) in [7, 11) is 0. The van der Waals surface area contributed by atoms with E-state index in [-0.39, 0.29) is 0 Å². The van der Waals surface area contributed by atoms with Crippen molar-refractivity contribution < 1.29 is 9.90 Å². The predicted molar refractivity (Wildman–Crippen MR) is 32.6 cm³/mol. The third kappa shape index (κ3) is 1.16. The third-order valence-electron chi connectivity index (χ3n) is 1.29. The van der Waals surface area contributed by atoms with E-state index in [0.717, 1.165) is 0 Å². The molecule has 0 heterocycles. The molecule has 0 aromatic heterocycles. The maximum atomic E-state index is 10.2. The molecule has 0 aromatic rings. The van der Waals surface area contributed by atoms with Crippen molar-refractivity contribution in [3.05, 3.63) is 12.2 Å². The van der Waals surface area contributed by atoms with Gasteiger partial charge in [-0.05, 0) is 6.08 Å². The average molecular weight is 125 g/mol. The smallest absolute Gasteiger partial charge is 0.310 e. The summed E-state index contributed by atoms with van der Waals surface area (Å²) in [6, 6.07) is 0. The predicted octanol–water partition coefficient (Wildman–Crippen LogP) is 0.667. The van der Waals surface area contributed by atoms with Gasteiger partial charge in [-0.2, -0.15) is 0 Å². The topological polar surface area (TPSA) is 61.2 Å². The Morgan fingerprint density at radius 1 is 1.89 bits per heavy atom. The zero-order valence-corrected chi connectivity index (χ0v) is 4.79. The Balaban J connectivity index is 2.60. The van der Waals surface area contributed by atoms with Crippen LogP contribution < -0.4 is 0 Å². The molecular weight excluding hydrogens is 118 g/mol. The van der Waals surface area contributed by atoms with Crippen LogP contribution in [0.15, 0.2) is 12.2 Å². The standard InChI is InChI=1S/C6H7NO2/c7-5-2-1-4(3-5)6(8)9/h1-2,4,7H,3H2,(H,8,9)/t4-/m0/s1. The number of aliphatic carboxylic acids is 1. The minimum absolute atomic E-state index is 0.356. The van der Waals surface area contributed by atoms with Crippen molar-refractivity contribution >= 4 is 11.7 Å². The molecule has 0 aromatic carbocycles. The molecule has 1 atom stereocenters. The molecule has 1 aliphatic carbocycles. The van der Waals surface area contributed by atoms with Gasteiger partial charge >= 0.3 is 5.97 Å². The van der Waals surface area contributed by atoms with Crippen LogP contribution in [0.2, 0.25) is 0 Å². The van der Waals surface area contributed by atoms with Gasteiger partial charge in [0.25, 0.3) is 0 Å². The molecule has 0 unspecified atom stereocenters. The second-order valence-corrected chi connectivity index (χ2v) is 2.03. The minimum Gasteiger partial charge on any atom is -0.481 e. The van der Waals surface area contributed by atoms with E-state index in [1.54, 1.807) is 12.2 Å². The molecule has 48 valence electrons. The van der Waals surface area contributed by atoms with Crippen molar-refractivity contribution in [3.63, 3.8) is 0 Å². The highest BCUT2D eigenvalue weighted by atomic mass is 16.4. The Hall–Kier alpha value is -1.12. The van der Waals surface area contributed by atoms with E-state index >= 15 is 0 Å². The Labute approximate surface area is 52.5 Å². The molecule has 9 heavy (non-hydrogen) atoms. The van der Waals surface area contributed by atoms with E-state index < -0.39 is 11.9 Å². The van der Waals surface area contributed by atoms with Gasteiger partial charge in [-0.1, -0.05) is 6.08 Å². The highest BCUT2D eigenvalue weighted by molar-refractivity contribution is 5.98. The molecular formula is C6H7NO2. The number of hydrogen-bond donors (Lipinski definition) is 2. The van der Waals surface area contributed by atoms with Gasteiger partial charge in [-0.15, -0.1) is 0 Å². The summed E-state index contributed by atoms with van der Waals surface area (Å²) in [4.78, 5) is 10.2. The number of carboxylic acid groups (broad SMARTS) is 1. The summed E-state index contributed by atoms with van der Waals surface area (Å²) in [5.41, 5.74) is 0.405. The molecule has 0 amide bonds. The molecule has 3 nitrogen and oxygen atoms in total. The zero-order chi connectivity index (χ0) is 6.85. The Bertz CT molecular complexity index is 183. The number of allylic oxidation sites excluding steroid dienone is 1. The molecule has 2 N–H and O–H groups in total. The van der Waals surface area contributed by atoms with Crippen molar-refractivity contribution in [2.75, 3.05) is 0 Å². The molecule has 1 rings (SSSR count). The number of carbonyl (C=O) groups is 1. The summed E-state index contributed by atoms with van der Waals surface area (Å²) in [5, 5.41) is 15.4. The quantitative estimate of drug-likeness (QED) is 0.541. The zero-order valence-electron chi connectivity index (χ0n) is 4.79. The summed E-state index contributed by atoms with van der Waals surface area (Å²) in [6.07, 6.45) is 3.44. The Morgan fingerprint density at radius 3 is 2.78 bits per heavy atom. The number of rotatable bonds is 1. The first kappa shape index (κ1) is 6.01. The largest absolute Gasteiger partial charge is 0.481 e. The summed E-state index contributed by atoms with van der Waals surface area (Å²) in [6.45, 7) is 0. The molecule has 1 aliphatic rings. The van der Waals surface area contributed by atoms with Crippen LogP contribution in [0.4, 0.5) is 0 Å². The maximum absolute atomic E-state index is 10.2. The summed E-state index contributed by atoms with van der Waals surface area (Å²) < 4.78 is 0. The molecule has 3 heteroatoms. The normalized spacial score (nSPS) is 24.9. The summed E-state index contributed by atoms with van der Waals surface area (Å²) >= 11 is 0. The molecule has 0 spiro atoms.